The molecule has 0 saturated heterocycles. The molecule has 0 unspecified atom stereocenters. The summed E-state index contributed by atoms with van der Waals surface area (Å²) in [5.41, 5.74) is 0.621. The van der Waals surface area contributed by atoms with Crippen LogP contribution in [0.5, 0.6) is 0 Å². The van der Waals surface area contributed by atoms with Crippen molar-refractivity contribution in [3.05, 3.63) is 35.4 Å². The monoisotopic (exact) mass is 263 g/mol. The van der Waals surface area contributed by atoms with Gasteiger partial charge in [-0.25, -0.2) is 0 Å². The molecule has 1 aliphatic rings. The molecule has 1 aromatic carbocycles. The van der Waals surface area contributed by atoms with E-state index in [9.17, 15) is 9.59 Å². The van der Waals surface area contributed by atoms with Gasteiger partial charge in [0.15, 0.2) is 0 Å². The van der Waals surface area contributed by atoms with Crippen LogP contribution in [0.15, 0.2) is 24.3 Å². The molecular weight excluding hydrogens is 238 g/mol. The number of imide groups is 1. The fraction of sp³-hybridized carbons (Fsp3) is 0.500. The number of carbonyl (C=O) groups is 2. The highest BCUT2D eigenvalue weighted by Crippen LogP contribution is 2.30. The van der Waals surface area contributed by atoms with Gasteiger partial charge in [-0.3, -0.25) is 14.5 Å². The summed E-state index contributed by atoms with van der Waals surface area (Å²) in [6.45, 7) is 9.80. The van der Waals surface area contributed by atoms with Crippen LogP contribution in [0, 0.1) is 0 Å². The van der Waals surface area contributed by atoms with Crippen LogP contribution >= 0.6 is 0 Å². The molecular formula is C16H25NO2. The zero-order chi connectivity index (χ0) is 13.9. The fourth-order valence-electron chi connectivity index (χ4n) is 1.90. The predicted octanol–water partition coefficient (Wildman–Crippen LogP) is 4.13. The van der Waals surface area contributed by atoms with Crippen LogP contribution in [0.25, 0.3) is 0 Å². The van der Waals surface area contributed by atoms with Gasteiger partial charge in [0.1, 0.15) is 0 Å². The number of carbonyl (C=O) groups excluding carboxylic acids is 2. The van der Waals surface area contributed by atoms with Crippen LogP contribution in [-0.2, 0) is 0 Å². The van der Waals surface area contributed by atoms with Gasteiger partial charge in [-0.05, 0) is 32.4 Å². The maximum absolute atomic E-state index is 12.1. The van der Waals surface area contributed by atoms with Crippen molar-refractivity contribution in [3.8, 4) is 0 Å². The van der Waals surface area contributed by atoms with Gasteiger partial charge in [0.2, 0.25) is 0 Å². The molecule has 19 heavy (non-hydrogen) atoms. The molecule has 1 heterocycles. The van der Waals surface area contributed by atoms with Crippen LogP contribution in [-0.4, -0.2) is 22.3 Å². The average molecular weight is 263 g/mol. The summed E-state index contributed by atoms with van der Waals surface area (Å²) in [4.78, 5) is 25.6. The second-order valence-corrected chi connectivity index (χ2v) is 4.66. The van der Waals surface area contributed by atoms with Crippen molar-refractivity contribution < 1.29 is 9.59 Å². The molecule has 3 nitrogen and oxygen atoms in total. The van der Waals surface area contributed by atoms with Crippen molar-refractivity contribution in [1.29, 1.82) is 0 Å². The lowest BCUT2D eigenvalue weighted by molar-refractivity contribution is 0.0474. The highest BCUT2D eigenvalue weighted by Gasteiger charge is 2.42. The van der Waals surface area contributed by atoms with E-state index in [-0.39, 0.29) is 19.2 Å². The van der Waals surface area contributed by atoms with Gasteiger partial charge in [-0.2, -0.15) is 0 Å². The second kappa shape index (κ2) is 6.50. The molecule has 0 atom stereocenters. The zero-order valence-corrected chi connectivity index (χ0v) is 11.8. The summed E-state index contributed by atoms with van der Waals surface area (Å²) in [6, 6.07) is 6.99. The van der Waals surface area contributed by atoms with E-state index in [2.05, 4.69) is 0 Å². The summed E-state index contributed by atoms with van der Waals surface area (Å²) in [5.74, 6) is -0.347. The van der Waals surface area contributed by atoms with Crippen LogP contribution in [0.1, 0.15) is 69.2 Å². The van der Waals surface area contributed by atoms with Crippen molar-refractivity contribution in [2.45, 2.75) is 54.0 Å². The Kier molecular flexibility index (Phi) is 5.94. The first-order chi connectivity index (χ1) is 8.49. The Labute approximate surface area is 116 Å². The Bertz CT molecular complexity index is 429. The topological polar surface area (TPSA) is 37.4 Å². The molecule has 1 aromatic rings. The quantitative estimate of drug-likeness (QED) is 0.752. The van der Waals surface area contributed by atoms with E-state index in [0.29, 0.717) is 11.1 Å². The molecule has 0 aromatic heterocycles. The molecule has 0 bridgehead atoms. The van der Waals surface area contributed by atoms with Gasteiger partial charge < -0.3 is 0 Å². The third kappa shape index (κ3) is 2.86. The first kappa shape index (κ1) is 17.4. The van der Waals surface area contributed by atoms with E-state index < -0.39 is 5.54 Å². The Morgan fingerprint density at radius 3 is 1.68 bits per heavy atom. The minimum absolute atomic E-state index is 0. The van der Waals surface area contributed by atoms with Gasteiger partial charge >= 0.3 is 0 Å². The lowest BCUT2D eigenvalue weighted by atomic mass is 9.99. The summed E-state index contributed by atoms with van der Waals surface area (Å²) >= 11 is 0. The summed E-state index contributed by atoms with van der Waals surface area (Å²) in [7, 11) is 0. The minimum Gasteiger partial charge on any atom is -0.269 e. The fourth-order valence-corrected chi connectivity index (χ4v) is 1.90. The Hall–Kier alpha value is -1.64. The summed E-state index contributed by atoms with van der Waals surface area (Å²) < 4.78 is 0. The molecule has 0 aliphatic carbocycles. The van der Waals surface area contributed by atoms with Crippen LogP contribution < -0.4 is 0 Å². The van der Waals surface area contributed by atoms with E-state index in [1.165, 1.54) is 4.90 Å². The van der Waals surface area contributed by atoms with Gasteiger partial charge in [0.25, 0.3) is 11.8 Å². The maximum atomic E-state index is 12.1. The smallest absolute Gasteiger partial charge is 0.262 e. The molecule has 2 rings (SSSR count). The van der Waals surface area contributed by atoms with E-state index in [0.717, 1.165) is 6.42 Å². The third-order valence-corrected chi connectivity index (χ3v) is 3.26. The van der Waals surface area contributed by atoms with E-state index >= 15 is 0 Å². The molecule has 106 valence electrons. The highest BCUT2D eigenvalue weighted by molar-refractivity contribution is 6.21. The first-order valence-electron chi connectivity index (χ1n) is 6.47. The van der Waals surface area contributed by atoms with Gasteiger partial charge in [0, 0.05) is 5.54 Å². The molecule has 2 amide bonds. The predicted molar refractivity (Wildman–Crippen MR) is 79.4 cm³/mol. The van der Waals surface area contributed by atoms with Gasteiger partial charge in [0.05, 0.1) is 11.1 Å². The van der Waals surface area contributed by atoms with Crippen molar-refractivity contribution in [2.24, 2.45) is 0 Å². The maximum Gasteiger partial charge on any atom is 0.262 e. The third-order valence-electron chi connectivity index (χ3n) is 3.26. The van der Waals surface area contributed by atoms with E-state index in [4.69, 9.17) is 0 Å². The average Bonchev–Trinajstić information content (AvgIpc) is 2.65. The Morgan fingerprint density at radius 2 is 1.37 bits per heavy atom. The highest BCUT2D eigenvalue weighted by atomic mass is 16.2. The molecule has 0 fully saturated rings. The number of fused-ring (bicyclic) bond motifs is 1. The summed E-state index contributed by atoms with van der Waals surface area (Å²) in [6.07, 6.45) is 0.748. The first-order valence-corrected chi connectivity index (χ1v) is 6.47. The number of nitrogens with zero attached hydrogens (tertiary/aromatic N) is 1. The lowest BCUT2D eigenvalue weighted by Crippen LogP contribution is -2.47. The molecule has 0 N–H and O–H groups in total. The number of benzene rings is 1. The normalized spacial score (nSPS) is 13.4. The van der Waals surface area contributed by atoms with E-state index in [1.54, 1.807) is 24.3 Å². The Morgan fingerprint density at radius 1 is 1.00 bits per heavy atom. The minimum atomic E-state index is -0.423. The van der Waals surface area contributed by atoms with E-state index in [1.807, 2.05) is 34.6 Å². The van der Waals surface area contributed by atoms with Crippen LogP contribution in [0.3, 0.4) is 0 Å². The second-order valence-electron chi connectivity index (χ2n) is 4.66. The molecule has 0 saturated carbocycles. The number of hydrogen-bond donors (Lipinski definition) is 0. The molecule has 1 aliphatic heterocycles. The standard InChI is InChI=1S/C13H15NO2.C2H6.CH4/c1-4-13(2,3)14-11(15)9-7-5-6-8-10(9)12(14)16;1-2;/h5-8H,4H2,1-3H3;1-2H3;1H4. The van der Waals surface area contributed by atoms with Gasteiger partial charge in [-0.15, -0.1) is 0 Å². The van der Waals surface area contributed by atoms with Crippen LogP contribution in [0.4, 0.5) is 0 Å². The van der Waals surface area contributed by atoms with Crippen LogP contribution in [0.2, 0.25) is 0 Å². The van der Waals surface area contributed by atoms with Gasteiger partial charge in [-0.1, -0.05) is 40.3 Å². The molecule has 3 heteroatoms. The van der Waals surface area contributed by atoms with Crippen molar-refractivity contribution >= 4 is 11.8 Å². The van der Waals surface area contributed by atoms with Crippen molar-refractivity contribution in [2.75, 3.05) is 0 Å². The molecule has 0 radical (unpaired) electrons. The lowest BCUT2D eigenvalue weighted by Gasteiger charge is -2.32. The molecule has 0 spiro atoms. The van der Waals surface area contributed by atoms with Crippen molar-refractivity contribution in [3.63, 3.8) is 0 Å². The van der Waals surface area contributed by atoms with Crippen molar-refractivity contribution in [1.82, 2.24) is 4.90 Å². The number of rotatable bonds is 2. The Balaban J connectivity index is 0.00000103. The SMILES string of the molecule is C.CC.CCC(C)(C)N1C(=O)c2ccccc2C1=O. The largest absolute Gasteiger partial charge is 0.269 e. The number of amides is 2. The zero-order valence-electron chi connectivity index (χ0n) is 11.8. The summed E-state index contributed by atoms with van der Waals surface area (Å²) in [5, 5.41) is 0. The number of hydrogen-bond acceptors (Lipinski definition) is 2.